The highest BCUT2D eigenvalue weighted by Crippen LogP contribution is 2.18. The maximum atomic E-state index is 2.27. The molecule has 0 amide bonds. The lowest BCUT2D eigenvalue weighted by molar-refractivity contribution is 0.733. The third-order valence-electron chi connectivity index (χ3n) is 2.26. The van der Waals surface area contributed by atoms with E-state index >= 15 is 0 Å². The average Bonchev–Trinajstić information content (AvgIpc) is 2.34. The summed E-state index contributed by atoms with van der Waals surface area (Å²) in [4.78, 5) is 0. The Hall–Kier alpha value is -0.780. The second-order valence-electron chi connectivity index (χ2n) is 3.22. The Morgan fingerprint density at radius 1 is 0.933 bits per heavy atom. The first kappa shape index (κ1) is 16.6. The smallest absolute Gasteiger partial charge is 0.0193 e. The van der Waals surface area contributed by atoms with Gasteiger partial charge in [-0.15, -0.1) is 0 Å². The van der Waals surface area contributed by atoms with Crippen molar-refractivity contribution in [1.82, 2.24) is 0 Å². The van der Waals surface area contributed by atoms with Gasteiger partial charge in [0.15, 0.2) is 0 Å². The van der Waals surface area contributed by atoms with Gasteiger partial charge in [-0.25, -0.2) is 0 Å². The van der Waals surface area contributed by atoms with Crippen LogP contribution in [0.4, 0.5) is 0 Å². The lowest BCUT2D eigenvalue weighted by Gasteiger charge is -2.07. The second kappa shape index (κ2) is 11.3. The zero-order chi connectivity index (χ0) is 12.3. The van der Waals surface area contributed by atoms with Gasteiger partial charge in [0.25, 0.3) is 0 Å². The molecule has 88 valence electrons. The van der Waals surface area contributed by atoms with E-state index in [-0.39, 0.29) is 0 Å². The summed E-state index contributed by atoms with van der Waals surface area (Å²) in [6.45, 7) is 14.6. The van der Waals surface area contributed by atoms with E-state index in [2.05, 4.69) is 45.0 Å². The van der Waals surface area contributed by atoms with Gasteiger partial charge in [-0.3, -0.25) is 0 Å². The number of rotatable bonds is 2. The van der Waals surface area contributed by atoms with E-state index in [9.17, 15) is 0 Å². The van der Waals surface area contributed by atoms with Crippen LogP contribution in [0.1, 0.15) is 65.0 Å². The molecule has 0 N–H and O–H groups in total. The molecule has 0 bridgehead atoms. The van der Waals surface area contributed by atoms with E-state index in [0.717, 1.165) is 0 Å². The van der Waals surface area contributed by atoms with Crippen LogP contribution in [-0.2, 0) is 0 Å². The molecule has 0 radical (unpaired) electrons. The summed E-state index contributed by atoms with van der Waals surface area (Å²) < 4.78 is 0. The van der Waals surface area contributed by atoms with E-state index in [1.807, 2.05) is 27.7 Å². The minimum Gasteiger partial charge on any atom is -0.0683 e. The normalized spacial score (nSPS) is 10.3. The highest BCUT2D eigenvalue weighted by Gasteiger charge is 2.00. The summed E-state index contributed by atoms with van der Waals surface area (Å²) in [5, 5.41) is 0. The second-order valence-corrected chi connectivity index (χ2v) is 3.22. The van der Waals surface area contributed by atoms with E-state index < -0.39 is 0 Å². The molecule has 0 aliphatic carbocycles. The van der Waals surface area contributed by atoms with Gasteiger partial charge >= 0.3 is 0 Å². The summed E-state index contributed by atoms with van der Waals surface area (Å²) in [5.41, 5.74) is 2.80. The SMILES string of the molecule is CC.CC.CCC(C)c1ccc(C)cc1. The third-order valence-corrected chi connectivity index (χ3v) is 2.26. The summed E-state index contributed by atoms with van der Waals surface area (Å²) in [7, 11) is 0. The maximum Gasteiger partial charge on any atom is -0.0193 e. The fourth-order valence-corrected chi connectivity index (χ4v) is 1.13. The predicted octanol–water partition coefficient (Wildman–Crippen LogP) is 5.56. The molecule has 0 aromatic heterocycles. The molecule has 0 fully saturated rings. The molecule has 1 atom stereocenters. The van der Waals surface area contributed by atoms with Crippen LogP contribution in [0.3, 0.4) is 0 Å². The standard InChI is InChI=1S/C11H16.2C2H6/c1-4-10(3)11-7-5-9(2)6-8-11;2*1-2/h5-8,10H,4H2,1-3H3;2*1-2H3. The van der Waals surface area contributed by atoms with Crippen molar-refractivity contribution >= 4 is 0 Å². The van der Waals surface area contributed by atoms with Crippen LogP contribution in [0.15, 0.2) is 24.3 Å². The first-order valence-corrected chi connectivity index (χ1v) is 6.30. The van der Waals surface area contributed by atoms with Gasteiger partial charge in [-0.1, -0.05) is 71.4 Å². The highest BCUT2D eigenvalue weighted by atomic mass is 14.0. The number of hydrogen-bond acceptors (Lipinski definition) is 0. The Kier molecular flexibility index (Phi) is 12.5. The number of benzene rings is 1. The van der Waals surface area contributed by atoms with Crippen LogP contribution in [0, 0.1) is 6.92 Å². The van der Waals surface area contributed by atoms with Crippen molar-refractivity contribution < 1.29 is 0 Å². The van der Waals surface area contributed by atoms with Crippen LogP contribution in [0.5, 0.6) is 0 Å². The zero-order valence-electron chi connectivity index (χ0n) is 11.6. The van der Waals surface area contributed by atoms with Crippen molar-refractivity contribution in [3.8, 4) is 0 Å². The van der Waals surface area contributed by atoms with Gasteiger partial charge in [0, 0.05) is 0 Å². The fraction of sp³-hybridized carbons (Fsp3) is 0.600. The lowest BCUT2D eigenvalue weighted by atomic mass is 9.98. The maximum absolute atomic E-state index is 2.27. The number of hydrogen-bond donors (Lipinski definition) is 0. The topological polar surface area (TPSA) is 0 Å². The zero-order valence-corrected chi connectivity index (χ0v) is 11.6. The minimum absolute atomic E-state index is 0.704. The van der Waals surface area contributed by atoms with Crippen molar-refractivity contribution in [3.63, 3.8) is 0 Å². The molecule has 15 heavy (non-hydrogen) atoms. The van der Waals surface area contributed by atoms with Gasteiger partial charge in [0.1, 0.15) is 0 Å². The average molecular weight is 208 g/mol. The van der Waals surface area contributed by atoms with Crippen LogP contribution in [0.25, 0.3) is 0 Å². The van der Waals surface area contributed by atoms with Gasteiger partial charge in [-0.2, -0.15) is 0 Å². The van der Waals surface area contributed by atoms with E-state index in [1.54, 1.807) is 0 Å². The van der Waals surface area contributed by atoms with E-state index in [1.165, 1.54) is 17.5 Å². The Bertz CT molecular complexity index is 208. The molecule has 1 rings (SSSR count). The molecule has 0 heterocycles. The summed E-state index contributed by atoms with van der Waals surface area (Å²) in [6, 6.07) is 8.82. The van der Waals surface area contributed by atoms with Gasteiger partial charge in [0.05, 0.1) is 0 Å². The quantitative estimate of drug-likeness (QED) is 0.597. The van der Waals surface area contributed by atoms with Crippen molar-refractivity contribution in [2.75, 3.05) is 0 Å². The van der Waals surface area contributed by atoms with Gasteiger partial charge in [0.2, 0.25) is 0 Å². The summed E-state index contributed by atoms with van der Waals surface area (Å²) >= 11 is 0. The van der Waals surface area contributed by atoms with Crippen LogP contribution < -0.4 is 0 Å². The molecule has 0 saturated heterocycles. The van der Waals surface area contributed by atoms with E-state index in [4.69, 9.17) is 0 Å². The predicted molar refractivity (Wildman–Crippen MR) is 72.6 cm³/mol. The van der Waals surface area contributed by atoms with E-state index in [0.29, 0.717) is 5.92 Å². The van der Waals surface area contributed by atoms with Crippen LogP contribution in [0.2, 0.25) is 0 Å². The minimum atomic E-state index is 0.704. The van der Waals surface area contributed by atoms with Crippen molar-refractivity contribution in [1.29, 1.82) is 0 Å². The number of aryl methyl sites for hydroxylation is 1. The Labute approximate surface area is 96.7 Å². The molecule has 0 saturated carbocycles. The Morgan fingerprint density at radius 3 is 1.67 bits per heavy atom. The molecule has 0 aliphatic rings. The molecule has 1 aromatic carbocycles. The molecular weight excluding hydrogens is 180 g/mol. The molecule has 1 aromatic rings. The Balaban J connectivity index is 0. The van der Waals surface area contributed by atoms with Crippen LogP contribution >= 0.6 is 0 Å². The van der Waals surface area contributed by atoms with Crippen molar-refractivity contribution in [2.45, 2.75) is 60.8 Å². The summed E-state index contributed by atoms with van der Waals surface area (Å²) in [5.74, 6) is 0.704. The largest absolute Gasteiger partial charge is 0.0683 e. The molecule has 0 aliphatic heterocycles. The molecule has 0 spiro atoms. The van der Waals surface area contributed by atoms with Gasteiger partial charge in [-0.05, 0) is 24.8 Å². The van der Waals surface area contributed by atoms with Gasteiger partial charge < -0.3 is 0 Å². The van der Waals surface area contributed by atoms with Crippen molar-refractivity contribution in [3.05, 3.63) is 35.4 Å². The fourth-order valence-electron chi connectivity index (χ4n) is 1.13. The first-order valence-electron chi connectivity index (χ1n) is 6.30. The third kappa shape index (κ3) is 7.18. The molecule has 1 unspecified atom stereocenters. The lowest BCUT2D eigenvalue weighted by Crippen LogP contribution is -1.89. The van der Waals surface area contributed by atoms with Crippen LogP contribution in [-0.4, -0.2) is 0 Å². The molecular formula is C15H28. The van der Waals surface area contributed by atoms with Crippen molar-refractivity contribution in [2.24, 2.45) is 0 Å². The first-order chi connectivity index (χ1) is 7.24. The molecule has 0 nitrogen and oxygen atoms in total. The molecule has 0 heteroatoms. The Morgan fingerprint density at radius 2 is 1.33 bits per heavy atom. The summed E-state index contributed by atoms with van der Waals surface area (Å²) in [6.07, 6.45) is 1.23. The highest BCUT2D eigenvalue weighted by molar-refractivity contribution is 5.23. The monoisotopic (exact) mass is 208 g/mol.